The van der Waals surface area contributed by atoms with Crippen LogP contribution >= 0.6 is 0 Å². The Hall–Kier alpha value is -1.81. The van der Waals surface area contributed by atoms with Crippen LogP contribution in [0.4, 0.5) is 0 Å². The lowest BCUT2D eigenvalue weighted by molar-refractivity contribution is -0.137. The number of nitrogens with two attached hydrogens (primary N) is 1. The van der Waals surface area contributed by atoms with Crippen molar-refractivity contribution in [1.82, 2.24) is 4.90 Å². The Kier molecular flexibility index (Phi) is 4.78. The van der Waals surface area contributed by atoms with E-state index in [0.29, 0.717) is 24.4 Å². The average molecular weight is 354 g/mol. The normalized spacial score (nSPS) is 28.3. The van der Waals surface area contributed by atoms with Crippen LogP contribution in [0.1, 0.15) is 50.4 Å². The van der Waals surface area contributed by atoms with Crippen LogP contribution < -0.4 is 5.73 Å². The Bertz CT molecular complexity index is 783. The zero-order chi connectivity index (χ0) is 18.3. The molecule has 0 spiro atoms. The first kappa shape index (κ1) is 17.6. The molecule has 2 aliphatic rings. The second kappa shape index (κ2) is 7.07. The van der Waals surface area contributed by atoms with E-state index in [9.17, 15) is 4.79 Å². The number of fused-ring (bicyclic) bond motifs is 3. The lowest BCUT2D eigenvalue weighted by Crippen LogP contribution is -2.49. The molecule has 4 heteroatoms. The molecule has 2 N–H and O–H groups in total. The molecule has 2 aromatic rings. The van der Waals surface area contributed by atoms with Gasteiger partial charge in [0.25, 0.3) is 0 Å². The summed E-state index contributed by atoms with van der Waals surface area (Å²) in [4.78, 5) is 15.1. The van der Waals surface area contributed by atoms with E-state index in [1.54, 1.807) is 0 Å². The highest BCUT2D eigenvalue weighted by molar-refractivity contribution is 5.84. The molecule has 1 aromatic heterocycles. The molecule has 2 aliphatic carbocycles. The maximum atomic E-state index is 13.2. The first-order chi connectivity index (χ1) is 12.6. The second-order valence-electron chi connectivity index (χ2n) is 8.24. The summed E-state index contributed by atoms with van der Waals surface area (Å²) in [6, 6.07) is 8.43. The lowest BCUT2D eigenvalue weighted by Gasteiger charge is -2.44. The monoisotopic (exact) mass is 354 g/mol. The quantitative estimate of drug-likeness (QED) is 0.899. The SMILES string of the molecule is CCc1oc2ccccc2c1CN(C)C(=O)C1CC2CCCC(C1)C2N. The van der Waals surface area contributed by atoms with Crippen molar-refractivity contribution in [2.24, 2.45) is 23.5 Å². The van der Waals surface area contributed by atoms with Gasteiger partial charge in [-0.3, -0.25) is 4.79 Å². The highest BCUT2D eigenvalue weighted by atomic mass is 16.3. The summed E-state index contributed by atoms with van der Waals surface area (Å²) in [7, 11) is 1.94. The number of para-hydroxylation sites is 1. The van der Waals surface area contributed by atoms with Gasteiger partial charge in [-0.2, -0.15) is 0 Å². The minimum atomic E-state index is 0.137. The van der Waals surface area contributed by atoms with Crippen LogP contribution in [0.25, 0.3) is 11.0 Å². The average Bonchev–Trinajstić information content (AvgIpc) is 2.98. The standard InChI is InChI=1S/C22H30N2O2/c1-3-19-18(17-9-4-5-10-20(17)26-19)13-24(2)22(25)16-11-14-7-6-8-15(12-16)21(14)23/h4-5,9-10,14-16,21H,3,6-8,11-13,23H2,1-2H3. The molecule has 2 bridgehead atoms. The topological polar surface area (TPSA) is 59.5 Å². The van der Waals surface area contributed by atoms with Crippen LogP contribution in [0.2, 0.25) is 0 Å². The van der Waals surface area contributed by atoms with E-state index in [1.807, 2.05) is 30.1 Å². The van der Waals surface area contributed by atoms with Crippen LogP contribution in [0, 0.1) is 17.8 Å². The number of carbonyl (C=O) groups is 1. The molecule has 26 heavy (non-hydrogen) atoms. The van der Waals surface area contributed by atoms with E-state index >= 15 is 0 Å². The predicted octanol–water partition coefficient (Wildman–Crippen LogP) is 4.11. The predicted molar refractivity (Wildman–Crippen MR) is 104 cm³/mol. The van der Waals surface area contributed by atoms with Crippen molar-refractivity contribution < 1.29 is 9.21 Å². The Morgan fingerprint density at radius 1 is 1.23 bits per heavy atom. The van der Waals surface area contributed by atoms with Crippen molar-refractivity contribution in [3.63, 3.8) is 0 Å². The highest BCUT2D eigenvalue weighted by Crippen LogP contribution is 2.42. The van der Waals surface area contributed by atoms with Gasteiger partial charge in [0, 0.05) is 42.9 Å². The summed E-state index contributed by atoms with van der Waals surface area (Å²) in [6.07, 6.45) is 6.44. The first-order valence-corrected chi connectivity index (χ1v) is 10.1. The summed E-state index contributed by atoms with van der Waals surface area (Å²) in [6.45, 7) is 2.73. The fourth-order valence-electron chi connectivity index (χ4n) is 5.23. The molecular weight excluding hydrogens is 324 g/mol. The number of carbonyl (C=O) groups excluding carboxylic acids is 1. The van der Waals surface area contributed by atoms with Crippen molar-refractivity contribution in [2.45, 2.75) is 58.0 Å². The summed E-state index contributed by atoms with van der Waals surface area (Å²) in [5.41, 5.74) is 8.47. The van der Waals surface area contributed by atoms with E-state index in [1.165, 1.54) is 19.3 Å². The number of nitrogens with zero attached hydrogens (tertiary/aromatic N) is 1. The molecule has 4 rings (SSSR count). The number of amides is 1. The zero-order valence-electron chi connectivity index (χ0n) is 15.9. The van der Waals surface area contributed by atoms with E-state index in [2.05, 4.69) is 13.0 Å². The largest absolute Gasteiger partial charge is 0.461 e. The molecule has 140 valence electrons. The number of furan rings is 1. The molecular formula is C22H30N2O2. The van der Waals surface area contributed by atoms with Crippen molar-refractivity contribution in [2.75, 3.05) is 7.05 Å². The Morgan fingerprint density at radius 2 is 1.92 bits per heavy atom. The van der Waals surface area contributed by atoms with Crippen molar-refractivity contribution >= 4 is 16.9 Å². The maximum Gasteiger partial charge on any atom is 0.225 e. The van der Waals surface area contributed by atoms with E-state index in [-0.39, 0.29) is 11.8 Å². The molecule has 0 aliphatic heterocycles. The fraction of sp³-hybridized carbons (Fsp3) is 0.591. The van der Waals surface area contributed by atoms with E-state index in [4.69, 9.17) is 10.2 Å². The second-order valence-corrected chi connectivity index (χ2v) is 8.24. The van der Waals surface area contributed by atoms with Crippen molar-refractivity contribution in [3.05, 3.63) is 35.6 Å². The Balaban J connectivity index is 1.52. The summed E-state index contributed by atoms with van der Waals surface area (Å²) < 4.78 is 5.99. The van der Waals surface area contributed by atoms with Gasteiger partial charge >= 0.3 is 0 Å². The third-order valence-electron chi connectivity index (χ3n) is 6.64. The number of hydrogen-bond acceptors (Lipinski definition) is 3. The minimum absolute atomic E-state index is 0.137. The van der Waals surface area contributed by atoms with Crippen molar-refractivity contribution in [1.29, 1.82) is 0 Å². The van der Waals surface area contributed by atoms with Crippen LogP contribution in [0.15, 0.2) is 28.7 Å². The van der Waals surface area contributed by atoms with Gasteiger partial charge in [0.15, 0.2) is 0 Å². The summed E-state index contributed by atoms with van der Waals surface area (Å²) in [5, 5.41) is 1.13. The number of aryl methyl sites for hydroxylation is 1. The van der Waals surface area contributed by atoms with E-state index < -0.39 is 0 Å². The Morgan fingerprint density at radius 3 is 2.62 bits per heavy atom. The van der Waals surface area contributed by atoms with Gasteiger partial charge in [0.1, 0.15) is 11.3 Å². The molecule has 1 aromatic carbocycles. The van der Waals surface area contributed by atoms with E-state index in [0.717, 1.165) is 41.6 Å². The number of rotatable bonds is 4. The Labute approximate surface area is 155 Å². The van der Waals surface area contributed by atoms with Crippen molar-refractivity contribution in [3.8, 4) is 0 Å². The molecule has 1 amide bonds. The summed E-state index contributed by atoms with van der Waals surface area (Å²) >= 11 is 0. The molecule has 0 saturated heterocycles. The molecule has 1 heterocycles. The third kappa shape index (κ3) is 3.05. The van der Waals surface area contributed by atoms with Crippen LogP contribution in [-0.4, -0.2) is 23.9 Å². The maximum absolute atomic E-state index is 13.2. The molecule has 2 fully saturated rings. The summed E-state index contributed by atoms with van der Waals surface area (Å²) in [5.74, 6) is 2.48. The first-order valence-electron chi connectivity index (χ1n) is 10.1. The lowest BCUT2D eigenvalue weighted by atomic mass is 9.65. The highest BCUT2D eigenvalue weighted by Gasteiger charge is 2.41. The minimum Gasteiger partial charge on any atom is -0.461 e. The number of benzene rings is 1. The molecule has 2 saturated carbocycles. The smallest absolute Gasteiger partial charge is 0.225 e. The molecule has 2 unspecified atom stereocenters. The van der Waals surface area contributed by atoms with Crippen LogP contribution in [0.3, 0.4) is 0 Å². The molecule has 2 atom stereocenters. The number of hydrogen-bond donors (Lipinski definition) is 1. The van der Waals surface area contributed by atoms with Gasteiger partial charge in [-0.05, 0) is 43.6 Å². The molecule has 4 nitrogen and oxygen atoms in total. The van der Waals surface area contributed by atoms with Gasteiger partial charge in [0.05, 0.1) is 0 Å². The zero-order valence-corrected chi connectivity index (χ0v) is 15.9. The fourth-order valence-corrected chi connectivity index (χ4v) is 5.23. The third-order valence-corrected chi connectivity index (χ3v) is 6.64. The van der Waals surface area contributed by atoms with Crippen LogP contribution in [-0.2, 0) is 17.8 Å². The van der Waals surface area contributed by atoms with Crippen LogP contribution in [0.5, 0.6) is 0 Å². The van der Waals surface area contributed by atoms with Gasteiger partial charge in [0.2, 0.25) is 5.91 Å². The van der Waals surface area contributed by atoms with Gasteiger partial charge < -0.3 is 15.1 Å². The van der Waals surface area contributed by atoms with Gasteiger partial charge in [-0.1, -0.05) is 31.5 Å². The van der Waals surface area contributed by atoms with Gasteiger partial charge in [-0.15, -0.1) is 0 Å². The van der Waals surface area contributed by atoms with Gasteiger partial charge in [-0.25, -0.2) is 0 Å². The molecule has 0 radical (unpaired) electrons.